The average Bonchev–Trinajstić information content (AvgIpc) is 3.17. The number of ether oxygens (including phenoxy) is 1. The molecule has 0 saturated heterocycles. The molecule has 0 fully saturated rings. The molecule has 0 N–H and O–H groups in total. The van der Waals surface area contributed by atoms with Crippen molar-refractivity contribution in [3.8, 4) is 5.75 Å². The van der Waals surface area contributed by atoms with Gasteiger partial charge in [-0.05, 0) is 31.2 Å². The van der Waals surface area contributed by atoms with E-state index < -0.39 is 0 Å². The molecule has 0 radical (unpaired) electrons. The van der Waals surface area contributed by atoms with Gasteiger partial charge in [-0.3, -0.25) is 0 Å². The summed E-state index contributed by atoms with van der Waals surface area (Å²) in [6.45, 7) is 2.19. The van der Waals surface area contributed by atoms with E-state index in [1.165, 1.54) is 6.33 Å². The lowest BCUT2D eigenvalue weighted by Crippen LogP contribution is -2.38. The Labute approximate surface area is 166 Å². The number of nitrogens with zero attached hydrogens (tertiary/aromatic N) is 4. The molecular weight excluding hydrogens is 387 g/mol. The number of rotatable bonds is 4. The van der Waals surface area contributed by atoms with Crippen molar-refractivity contribution in [1.82, 2.24) is 14.8 Å². The lowest BCUT2D eigenvalue weighted by atomic mass is 9.95. The highest BCUT2D eigenvalue weighted by Gasteiger charge is 2.35. The normalized spacial score (nSPS) is 20.2. The minimum atomic E-state index is -0.261. The Bertz CT molecular complexity index is 976. The van der Waals surface area contributed by atoms with E-state index in [4.69, 9.17) is 32.8 Å². The first-order valence-electron chi connectivity index (χ1n) is 8.37. The molecule has 2 atom stereocenters. The highest BCUT2D eigenvalue weighted by molar-refractivity contribution is 6.35. The van der Waals surface area contributed by atoms with Crippen LogP contribution in [-0.2, 0) is 11.4 Å². The van der Waals surface area contributed by atoms with Crippen LogP contribution in [0.1, 0.15) is 24.1 Å². The van der Waals surface area contributed by atoms with Crippen LogP contribution in [0, 0.1) is 0 Å². The van der Waals surface area contributed by atoms with Gasteiger partial charge < -0.3 is 9.57 Å². The van der Waals surface area contributed by atoms with Gasteiger partial charge in [-0.2, -0.15) is 5.10 Å². The first-order valence-corrected chi connectivity index (χ1v) is 9.13. The summed E-state index contributed by atoms with van der Waals surface area (Å²) in [5, 5.41) is 9.80. The molecule has 8 heteroatoms. The summed E-state index contributed by atoms with van der Waals surface area (Å²) in [6, 6.07) is 12.7. The van der Waals surface area contributed by atoms with Gasteiger partial charge >= 0.3 is 0 Å². The molecule has 0 spiro atoms. The standard InChI is InChI=1S/C19H16Cl2N4O2/c1-12-19(25-11-22-10-23-25)18(15-4-2-3-5-17(15)27-12)24-26-9-13-6-7-14(20)8-16(13)21/h2-8,10-12,19H,9H2,1H3/b24-18-/t12-,19-/m0/s1. The number of oxime groups is 1. The third-order valence-electron chi connectivity index (χ3n) is 4.32. The summed E-state index contributed by atoms with van der Waals surface area (Å²) in [4.78, 5) is 9.70. The molecule has 0 saturated carbocycles. The van der Waals surface area contributed by atoms with Crippen LogP contribution in [0.15, 0.2) is 60.3 Å². The fourth-order valence-corrected chi connectivity index (χ4v) is 3.51. The van der Waals surface area contributed by atoms with Gasteiger partial charge in [0.1, 0.15) is 42.9 Å². The maximum absolute atomic E-state index is 6.21. The van der Waals surface area contributed by atoms with Gasteiger partial charge in [0, 0.05) is 21.2 Å². The zero-order valence-electron chi connectivity index (χ0n) is 14.4. The van der Waals surface area contributed by atoms with Gasteiger partial charge in [-0.15, -0.1) is 0 Å². The number of fused-ring (bicyclic) bond motifs is 1. The highest BCUT2D eigenvalue weighted by atomic mass is 35.5. The first-order chi connectivity index (χ1) is 13.1. The van der Waals surface area contributed by atoms with E-state index in [0.717, 1.165) is 22.6 Å². The number of halogens is 2. The maximum atomic E-state index is 6.21. The smallest absolute Gasteiger partial charge is 0.143 e. The molecular formula is C19H16Cl2N4O2. The van der Waals surface area contributed by atoms with Crippen molar-refractivity contribution in [2.75, 3.05) is 0 Å². The van der Waals surface area contributed by atoms with Crippen molar-refractivity contribution >= 4 is 28.9 Å². The van der Waals surface area contributed by atoms with E-state index in [1.54, 1.807) is 23.1 Å². The zero-order valence-corrected chi connectivity index (χ0v) is 15.9. The Hall–Kier alpha value is -2.57. The fourth-order valence-electron chi connectivity index (χ4n) is 3.04. The predicted molar refractivity (Wildman–Crippen MR) is 103 cm³/mol. The Morgan fingerprint density at radius 2 is 2.07 bits per heavy atom. The van der Waals surface area contributed by atoms with Crippen LogP contribution in [0.3, 0.4) is 0 Å². The summed E-state index contributed by atoms with van der Waals surface area (Å²) >= 11 is 12.1. The van der Waals surface area contributed by atoms with Gasteiger partial charge in [-0.1, -0.05) is 46.6 Å². The number of hydrogen-bond donors (Lipinski definition) is 0. The lowest BCUT2D eigenvalue weighted by molar-refractivity contribution is 0.120. The molecule has 1 aromatic heterocycles. The van der Waals surface area contributed by atoms with Crippen molar-refractivity contribution < 1.29 is 9.57 Å². The van der Waals surface area contributed by atoms with E-state index in [9.17, 15) is 0 Å². The number of benzene rings is 2. The maximum Gasteiger partial charge on any atom is 0.143 e. The summed E-state index contributed by atoms with van der Waals surface area (Å²) in [6.07, 6.45) is 2.94. The fraction of sp³-hybridized carbons (Fsp3) is 0.211. The Kier molecular flexibility index (Phi) is 5.01. The van der Waals surface area contributed by atoms with Crippen molar-refractivity contribution in [1.29, 1.82) is 0 Å². The average molecular weight is 403 g/mol. The predicted octanol–water partition coefficient (Wildman–Crippen LogP) is 4.53. The molecule has 2 heterocycles. The molecule has 138 valence electrons. The van der Waals surface area contributed by atoms with E-state index in [1.807, 2.05) is 37.3 Å². The van der Waals surface area contributed by atoms with E-state index >= 15 is 0 Å². The molecule has 0 amide bonds. The third kappa shape index (κ3) is 3.63. The molecule has 3 aromatic rings. The topological polar surface area (TPSA) is 61.5 Å². The van der Waals surface area contributed by atoms with Crippen molar-refractivity contribution in [3.63, 3.8) is 0 Å². The molecule has 0 aliphatic carbocycles. The van der Waals surface area contributed by atoms with Gasteiger partial charge in [0.25, 0.3) is 0 Å². The van der Waals surface area contributed by atoms with Gasteiger partial charge in [0.05, 0.1) is 0 Å². The molecule has 2 aromatic carbocycles. The van der Waals surface area contributed by atoms with Gasteiger partial charge in [-0.25, -0.2) is 9.67 Å². The van der Waals surface area contributed by atoms with Crippen LogP contribution in [0.5, 0.6) is 5.75 Å². The first kappa shape index (κ1) is 17.8. The van der Waals surface area contributed by atoms with Gasteiger partial charge in [0.15, 0.2) is 0 Å². The quantitative estimate of drug-likeness (QED) is 0.601. The van der Waals surface area contributed by atoms with Crippen LogP contribution in [0.25, 0.3) is 0 Å². The van der Waals surface area contributed by atoms with Crippen molar-refractivity contribution in [3.05, 3.63) is 76.3 Å². The van der Waals surface area contributed by atoms with E-state index in [2.05, 4.69) is 15.2 Å². The monoisotopic (exact) mass is 402 g/mol. The Morgan fingerprint density at radius 1 is 1.22 bits per heavy atom. The summed E-state index contributed by atoms with van der Waals surface area (Å²) in [5.41, 5.74) is 2.38. The molecule has 1 aliphatic rings. The molecule has 0 unspecified atom stereocenters. The molecule has 4 rings (SSSR count). The molecule has 0 bridgehead atoms. The molecule has 6 nitrogen and oxygen atoms in total. The summed E-state index contributed by atoms with van der Waals surface area (Å²) < 4.78 is 7.75. The van der Waals surface area contributed by atoms with Crippen LogP contribution in [-0.4, -0.2) is 26.6 Å². The van der Waals surface area contributed by atoms with Crippen molar-refractivity contribution in [2.24, 2.45) is 5.16 Å². The second-order valence-electron chi connectivity index (χ2n) is 6.13. The molecule has 27 heavy (non-hydrogen) atoms. The highest BCUT2D eigenvalue weighted by Crippen LogP contribution is 2.33. The van der Waals surface area contributed by atoms with E-state index in [0.29, 0.717) is 10.0 Å². The van der Waals surface area contributed by atoms with Crippen LogP contribution < -0.4 is 4.74 Å². The summed E-state index contributed by atoms with van der Waals surface area (Å²) in [5.74, 6) is 0.758. The minimum Gasteiger partial charge on any atom is -0.487 e. The van der Waals surface area contributed by atoms with Crippen LogP contribution in [0.4, 0.5) is 0 Å². The Morgan fingerprint density at radius 3 is 2.85 bits per heavy atom. The largest absolute Gasteiger partial charge is 0.487 e. The van der Waals surface area contributed by atoms with Crippen molar-refractivity contribution in [2.45, 2.75) is 25.7 Å². The number of hydrogen-bond acceptors (Lipinski definition) is 5. The minimum absolute atomic E-state index is 0.192. The zero-order chi connectivity index (χ0) is 18.8. The number of para-hydroxylation sites is 1. The van der Waals surface area contributed by atoms with Crippen LogP contribution >= 0.6 is 23.2 Å². The van der Waals surface area contributed by atoms with E-state index in [-0.39, 0.29) is 18.8 Å². The second kappa shape index (κ2) is 7.58. The SMILES string of the molecule is C[C@@H]1Oc2ccccc2/C(=N/OCc2ccc(Cl)cc2Cl)[C@H]1n1cncn1. The summed E-state index contributed by atoms with van der Waals surface area (Å²) in [7, 11) is 0. The van der Waals surface area contributed by atoms with Gasteiger partial charge in [0.2, 0.25) is 0 Å². The third-order valence-corrected chi connectivity index (χ3v) is 4.91. The molecule has 1 aliphatic heterocycles. The number of aromatic nitrogens is 3. The Balaban J connectivity index is 1.66. The second-order valence-corrected chi connectivity index (χ2v) is 6.97. The lowest BCUT2D eigenvalue weighted by Gasteiger charge is -2.32. The van der Waals surface area contributed by atoms with Crippen LogP contribution in [0.2, 0.25) is 10.0 Å².